The molecule has 7 atom stereocenters. The summed E-state index contributed by atoms with van der Waals surface area (Å²) in [6, 6.07) is 0. The molecule has 0 aliphatic heterocycles. The van der Waals surface area contributed by atoms with Crippen molar-refractivity contribution < 1.29 is 9.90 Å². The quantitative estimate of drug-likeness (QED) is 0.454. The van der Waals surface area contributed by atoms with Gasteiger partial charge in [0, 0.05) is 0 Å². The topological polar surface area (TPSA) is 37.3 Å². The van der Waals surface area contributed by atoms with Crippen LogP contribution in [0.5, 0.6) is 0 Å². The maximum Gasteiger partial charge on any atom is 0.142 e. The number of hydrogen-bond acceptors (Lipinski definition) is 2. The normalized spacial score (nSPS) is 50.8. The summed E-state index contributed by atoms with van der Waals surface area (Å²) in [4.78, 5) is 10.8. The number of aliphatic hydroxyl groups is 1. The molecule has 0 spiro atoms. The van der Waals surface area contributed by atoms with Crippen LogP contribution in [0.3, 0.4) is 0 Å². The first-order chi connectivity index (χ1) is 11.5. The summed E-state index contributed by atoms with van der Waals surface area (Å²) in [6.07, 6.45) is 16.7. The summed E-state index contributed by atoms with van der Waals surface area (Å²) in [5.41, 5.74) is 2.28. The molecule has 0 radical (unpaired) electrons. The molecule has 3 saturated carbocycles. The number of allylic oxidation sites excluding steroid dienone is 3. The Hall–Kier alpha value is -0.890. The predicted molar refractivity (Wildman–Crippen MR) is 96.4 cm³/mol. The maximum atomic E-state index is 10.8. The van der Waals surface area contributed by atoms with Crippen molar-refractivity contribution in [3.8, 4) is 0 Å². The Morgan fingerprint density at radius 2 is 1.96 bits per heavy atom. The van der Waals surface area contributed by atoms with Gasteiger partial charge < -0.3 is 5.11 Å². The first kappa shape index (κ1) is 16.6. The van der Waals surface area contributed by atoms with Gasteiger partial charge in [-0.1, -0.05) is 31.6 Å². The van der Waals surface area contributed by atoms with E-state index in [1.807, 2.05) is 0 Å². The van der Waals surface area contributed by atoms with Gasteiger partial charge in [0.25, 0.3) is 0 Å². The lowest BCUT2D eigenvalue weighted by molar-refractivity contribution is -0.104. The molecule has 0 amide bonds. The van der Waals surface area contributed by atoms with E-state index in [0.717, 1.165) is 36.9 Å². The highest BCUT2D eigenvalue weighted by Gasteiger charge is 2.57. The van der Waals surface area contributed by atoms with Crippen LogP contribution in [0.25, 0.3) is 0 Å². The highest BCUT2D eigenvalue weighted by Crippen LogP contribution is 2.66. The highest BCUT2D eigenvalue weighted by atomic mass is 16.3. The Bertz CT molecular complexity index is 577. The number of rotatable bonds is 2. The molecule has 4 aliphatic rings. The predicted octanol–water partition coefficient (Wildman–Crippen LogP) is 4.68. The fraction of sp³-hybridized carbons (Fsp3) is 0.773. The molecule has 132 valence electrons. The van der Waals surface area contributed by atoms with Gasteiger partial charge in [-0.25, -0.2) is 0 Å². The Balaban J connectivity index is 1.63. The summed E-state index contributed by atoms with van der Waals surface area (Å²) in [7, 11) is 0. The second kappa shape index (κ2) is 5.83. The third-order valence-corrected chi connectivity index (χ3v) is 8.57. The molecule has 0 aromatic rings. The Morgan fingerprint density at radius 1 is 1.12 bits per heavy atom. The first-order valence-corrected chi connectivity index (χ1v) is 9.98. The van der Waals surface area contributed by atoms with Crippen molar-refractivity contribution in [2.75, 3.05) is 0 Å². The minimum atomic E-state index is -0.112. The molecule has 0 unspecified atom stereocenters. The first-order valence-electron chi connectivity index (χ1n) is 9.98. The SMILES string of the molecule is C[C@]12CC[C@H]3[C@@H](CC=C4C[C@@H](O)CC[C@@]43C)[C@@H]1CC[C@@H]2C=CC=O. The van der Waals surface area contributed by atoms with Gasteiger partial charge in [0.1, 0.15) is 6.29 Å². The molecule has 24 heavy (non-hydrogen) atoms. The molecule has 4 aliphatic carbocycles. The van der Waals surface area contributed by atoms with E-state index in [4.69, 9.17) is 0 Å². The molecule has 1 N–H and O–H groups in total. The lowest BCUT2D eigenvalue weighted by Crippen LogP contribution is -2.50. The van der Waals surface area contributed by atoms with Crippen molar-refractivity contribution in [2.24, 2.45) is 34.5 Å². The zero-order valence-electron chi connectivity index (χ0n) is 15.2. The van der Waals surface area contributed by atoms with Crippen molar-refractivity contribution >= 4 is 6.29 Å². The van der Waals surface area contributed by atoms with Crippen LogP contribution in [0.4, 0.5) is 0 Å². The van der Waals surface area contributed by atoms with Gasteiger partial charge >= 0.3 is 0 Å². The largest absolute Gasteiger partial charge is 0.393 e. The van der Waals surface area contributed by atoms with E-state index in [9.17, 15) is 9.90 Å². The standard InChI is InChI=1S/C22H32O2/c1-21-12-10-20-18(19(21)8-6-15(21)4-3-13-23)7-5-16-14-17(24)9-11-22(16,20)2/h3-5,13,15,17-20,24H,6-12,14H2,1-2H3/t15-,17-,18-,19-,20-,21+,22-/m0/s1. The Kier molecular flexibility index (Phi) is 4.03. The molecule has 4 rings (SSSR count). The average Bonchev–Trinajstić information content (AvgIpc) is 2.90. The van der Waals surface area contributed by atoms with E-state index >= 15 is 0 Å². The second-order valence-electron chi connectivity index (χ2n) is 9.41. The summed E-state index contributed by atoms with van der Waals surface area (Å²) in [5.74, 6) is 3.00. The van der Waals surface area contributed by atoms with Gasteiger partial charge in [0.15, 0.2) is 0 Å². The van der Waals surface area contributed by atoms with E-state index in [2.05, 4.69) is 26.0 Å². The molecule has 0 heterocycles. The molecule has 0 bridgehead atoms. The second-order valence-corrected chi connectivity index (χ2v) is 9.41. The van der Waals surface area contributed by atoms with Crippen LogP contribution >= 0.6 is 0 Å². The van der Waals surface area contributed by atoms with Crippen molar-refractivity contribution in [3.05, 3.63) is 23.8 Å². The Labute approximate surface area is 146 Å². The molecular formula is C22H32O2. The van der Waals surface area contributed by atoms with Crippen molar-refractivity contribution in [3.63, 3.8) is 0 Å². The third kappa shape index (κ3) is 2.29. The van der Waals surface area contributed by atoms with Gasteiger partial charge in [0.2, 0.25) is 0 Å². The monoisotopic (exact) mass is 328 g/mol. The minimum Gasteiger partial charge on any atom is -0.393 e. The van der Waals surface area contributed by atoms with Gasteiger partial charge in [-0.3, -0.25) is 4.79 Å². The van der Waals surface area contributed by atoms with Gasteiger partial charge in [-0.2, -0.15) is 0 Å². The number of fused-ring (bicyclic) bond motifs is 5. The summed E-state index contributed by atoms with van der Waals surface area (Å²) >= 11 is 0. The average molecular weight is 328 g/mol. The van der Waals surface area contributed by atoms with Crippen LogP contribution in [0.2, 0.25) is 0 Å². The van der Waals surface area contributed by atoms with E-state index in [1.54, 1.807) is 11.6 Å². The summed E-state index contributed by atoms with van der Waals surface area (Å²) in [6.45, 7) is 4.98. The zero-order chi connectivity index (χ0) is 16.9. The molecule has 2 heteroatoms. The minimum absolute atomic E-state index is 0.112. The lowest BCUT2D eigenvalue weighted by atomic mass is 9.47. The van der Waals surface area contributed by atoms with Crippen LogP contribution < -0.4 is 0 Å². The molecule has 0 saturated heterocycles. The van der Waals surface area contributed by atoms with Crippen LogP contribution in [-0.4, -0.2) is 17.5 Å². The molecule has 2 nitrogen and oxygen atoms in total. The van der Waals surface area contributed by atoms with E-state index < -0.39 is 0 Å². The molecule has 0 aromatic heterocycles. The summed E-state index contributed by atoms with van der Waals surface area (Å²) < 4.78 is 0. The van der Waals surface area contributed by atoms with Crippen LogP contribution in [0, 0.1) is 34.5 Å². The summed E-state index contributed by atoms with van der Waals surface area (Å²) in [5, 5.41) is 10.1. The van der Waals surface area contributed by atoms with Crippen LogP contribution in [-0.2, 0) is 4.79 Å². The lowest BCUT2D eigenvalue weighted by Gasteiger charge is -2.58. The van der Waals surface area contributed by atoms with Gasteiger partial charge in [0.05, 0.1) is 6.10 Å². The molecule has 3 fully saturated rings. The van der Waals surface area contributed by atoms with Crippen molar-refractivity contribution in [1.29, 1.82) is 0 Å². The van der Waals surface area contributed by atoms with Gasteiger partial charge in [-0.05, 0) is 91.9 Å². The van der Waals surface area contributed by atoms with E-state index in [-0.39, 0.29) is 6.10 Å². The highest BCUT2D eigenvalue weighted by molar-refractivity contribution is 5.64. The van der Waals surface area contributed by atoms with Crippen molar-refractivity contribution in [2.45, 2.75) is 71.3 Å². The van der Waals surface area contributed by atoms with Gasteiger partial charge in [-0.15, -0.1) is 0 Å². The Morgan fingerprint density at radius 3 is 2.75 bits per heavy atom. The fourth-order valence-electron chi connectivity index (χ4n) is 7.18. The molecule has 0 aromatic carbocycles. The zero-order valence-corrected chi connectivity index (χ0v) is 15.2. The van der Waals surface area contributed by atoms with E-state index in [0.29, 0.717) is 16.7 Å². The smallest absolute Gasteiger partial charge is 0.142 e. The fourth-order valence-corrected chi connectivity index (χ4v) is 7.18. The number of aliphatic hydroxyl groups excluding tert-OH is 1. The van der Waals surface area contributed by atoms with E-state index in [1.165, 1.54) is 38.5 Å². The number of carbonyl (C=O) groups excluding carboxylic acids is 1. The maximum absolute atomic E-state index is 10.8. The van der Waals surface area contributed by atoms with Crippen LogP contribution in [0.1, 0.15) is 65.2 Å². The molecular weight excluding hydrogens is 296 g/mol. The number of hydrogen-bond donors (Lipinski definition) is 1. The number of aldehydes is 1. The number of carbonyl (C=O) groups is 1. The van der Waals surface area contributed by atoms with Crippen molar-refractivity contribution in [1.82, 2.24) is 0 Å². The third-order valence-electron chi connectivity index (χ3n) is 8.57. The van der Waals surface area contributed by atoms with Crippen LogP contribution in [0.15, 0.2) is 23.8 Å².